The Morgan fingerprint density at radius 3 is 2.77 bits per heavy atom. The first-order chi connectivity index (χ1) is 6.25. The van der Waals surface area contributed by atoms with Crippen molar-refractivity contribution in [3.05, 3.63) is 22.8 Å². The van der Waals surface area contributed by atoms with Crippen LogP contribution in [-0.4, -0.2) is 25.2 Å². The molecule has 0 unspecified atom stereocenters. The third-order valence-corrected chi connectivity index (χ3v) is 1.93. The number of aromatic nitrogens is 5. The highest BCUT2D eigenvalue weighted by Crippen LogP contribution is 2.13. The first-order valence-electron chi connectivity index (χ1n) is 3.61. The fourth-order valence-electron chi connectivity index (χ4n) is 0.895. The van der Waals surface area contributed by atoms with E-state index in [4.69, 9.17) is 0 Å². The summed E-state index contributed by atoms with van der Waals surface area (Å²) in [4.78, 5) is 5.54. The molecule has 0 bridgehead atoms. The van der Waals surface area contributed by atoms with E-state index in [0.717, 1.165) is 10.2 Å². The van der Waals surface area contributed by atoms with Crippen LogP contribution in [0.2, 0.25) is 0 Å². The van der Waals surface area contributed by atoms with Crippen LogP contribution < -0.4 is 0 Å². The summed E-state index contributed by atoms with van der Waals surface area (Å²) in [6.45, 7) is 0. The summed E-state index contributed by atoms with van der Waals surface area (Å²) in [5.74, 6) is 0.537. The van der Waals surface area contributed by atoms with Crippen molar-refractivity contribution in [2.75, 3.05) is 0 Å². The predicted molar refractivity (Wildman–Crippen MR) is 49.7 cm³/mol. The summed E-state index contributed by atoms with van der Waals surface area (Å²) in [6.07, 6.45) is 1.70. The maximum absolute atomic E-state index is 4.14. The fourth-order valence-corrected chi connectivity index (χ4v) is 1.13. The standard InChI is InChI=1S/C7H6BrN5/c1-13-11-7(10-12-13)6-3-2-5(8)4-9-6/h2-4H,1H3. The van der Waals surface area contributed by atoms with Gasteiger partial charge in [-0.25, -0.2) is 0 Å². The van der Waals surface area contributed by atoms with E-state index in [-0.39, 0.29) is 0 Å². The van der Waals surface area contributed by atoms with E-state index in [1.54, 1.807) is 13.2 Å². The van der Waals surface area contributed by atoms with E-state index in [2.05, 4.69) is 36.3 Å². The van der Waals surface area contributed by atoms with Crippen molar-refractivity contribution in [2.45, 2.75) is 0 Å². The molecule has 2 rings (SSSR count). The molecule has 0 aliphatic heterocycles. The lowest BCUT2D eigenvalue weighted by molar-refractivity contribution is 0.630. The van der Waals surface area contributed by atoms with E-state index in [0.29, 0.717) is 5.82 Å². The van der Waals surface area contributed by atoms with Crippen LogP contribution >= 0.6 is 15.9 Å². The highest BCUT2D eigenvalue weighted by molar-refractivity contribution is 9.10. The summed E-state index contributed by atoms with van der Waals surface area (Å²) in [5, 5.41) is 11.6. The van der Waals surface area contributed by atoms with E-state index in [9.17, 15) is 0 Å². The van der Waals surface area contributed by atoms with E-state index in [1.165, 1.54) is 4.80 Å². The summed E-state index contributed by atoms with van der Waals surface area (Å²) in [6, 6.07) is 3.72. The van der Waals surface area contributed by atoms with E-state index < -0.39 is 0 Å². The van der Waals surface area contributed by atoms with Crippen LogP contribution in [0, 0.1) is 0 Å². The number of rotatable bonds is 1. The molecule has 6 heteroatoms. The van der Waals surface area contributed by atoms with Gasteiger partial charge in [-0.2, -0.15) is 4.80 Å². The smallest absolute Gasteiger partial charge is 0.223 e. The zero-order chi connectivity index (χ0) is 9.26. The first kappa shape index (κ1) is 8.31. The van der Waals surface area contributed by atoms with Gasteiger partial charge in [-0.05, 0) is 33.3 Å². The molecule has 0 saturated carbocycles. The molecule has 0 radical (unpaired) electrons. The Morgan fingerprint density at radius 1 is 1.38 bits per heavy atom. The first-order valence-corrected chi connectivity index (χ1v) is 4.41. The molecule has 66 valence electrons. The van der Waals surface area contributed by atoms with Gasteiger partial charge in [0.25, 0.3) is 0 Å². The van der Waals surface area contributed by atoms with Crippen LogP contribution in [0.5, 0.6) is 0 Å². The molecule has 5 nitrogen and oxygen atoms in total. The van der Waals surface area contributed by atoms with E-state index in [1.807, 2.05) is 12.1 Å². The van der Waals surface area contributed by atoms with Gasteiger partial charge in [-0.1, -0.05) is 0 Å². The lowest BCUT2D eigenvalue weighted by Gasteiger charge is -1.92. The highest BCUT2D eigenvalue weighted by Gasteiger charge is 2.04. The molecule has 13 heavy (non-hydrogen) atoms. The second-order valence-electron chi connectivity index (χ2n) is 2.46. The second-order valence-corrected chi connectivity index (χ2v) is 3.38. The molecular formula is C7H6BrN5. The molecule has 0 N–H and O–H groups in total. The van der Waals surface area contributed by atoms with Crippen LogP contribution in [-0.2, 0) is 7.05 Å². The largest absolute Gasteiger partial charge is 0.252 e. The number of aryl methyl sites for hydroxylation is 1. The van der Waals surface area contributed by atoms with Gasteiger partial charge in [0.2, 0.25) is 5.82 Å². The zero-order valence-corrected chi connectivity index (χ0v) is 8.43. The minimum absolute atomic E-state index is 0.537. The number of nitrogens with zero attached hydrogens (tertiary/aromatic N) is 5. The normalized spacial score (nSPS) is 10.3. The van der Waals surface area contributed by atoms with Gasteiger partial charge in [-0.15, -0.1) is 10.2 Å². The Hall–Kier alpha value is -1.30. The molecule has 0 aliphatic carbocycles. The third kappa shape index (κ3) is 1.72. The number of hydrogen-bond donors (Lipinski definition) is 0. The zero-order valence-electron chi connectivity index (χ0n) is 6.85. The van der Waals surface area contributed by atoms with Gasteiger partial charge in [0.15, 0.2) is 0 Å². The summed E-state index contributed by atoms with van der Waals surface area (Å²) in [7, 11) is 1.72. The summed E-state index contributed by atoms with van der Waals surface area (Å²) < 4.78 is 0.931. The van der Waals surface area contributed by atoms with Gasteiger partial charge in [0.1, 0.15) is 5.69 Å². The van der Waals surface area contributed by atoms with Crippen molar-refractivity contribution < 1.29 is 0 Å². The maximum Gasteiger partial charge on any atom is 0.223 e. The Kier molecular flexibility index (Phi) is 2.05. The van der Waals surface area contributed by atoms with Crippen molar-refractivity contribution in [3.8, 4) is 11.5 Å². The molecule has 2 heterocycles. The van der Waals surface area contributed by atoms with Crippen LogP contribution in [0.1, 0.15) is 0 Å². The van der Waals surface area contributed by atoms with Crippen molar-refractivity contribution >= 4 is 15.9 Å². The minimum Gasteiger partial charge on any atom is -0.252 e. The molecule has 0 amide bonds. The Bertz CT molecular complexity index is 407. The van der Waals surface area contributed by atoms with Gasteiger partial charge in [-0.3, -0.25) is 4.98 Å². The van der Waals surface area contributed by atoms with Crippen LogP contribution in [0.25, 0.3) is 11.5 Å². The maximum atomic E-state index is 4.14. The SMILES string of the molecule is Cn1nnc(-c2ccc(Br)cn2)n1. The fraction of sp³-hybridized carbons (Fsp3) is 0.143. The number of pyridine rings is 1. The third-order valence-electron chi connectivity index (χ3n) is 1.46. The molecule has 0 atom stereocenters. The van der Waals surface area contributed by atoms with Gasteiger partial charge in [0.05, 0.1) is 7.05 Å². The van der Waals surface area contributed by atoms with Crippen LogP contribution in [0.3, 0.4) is 0 Å². The van der Waals surface area contributed by atoms with Gasteiger partial charge < -0.3 is 0 Å². The molecule has 0 fully saturated rings. The van der Waals surface area contributed by atoms with Gasteiger partial charge in [0, 0.05) is 10.7 Å². The van der Waals surface area contributed by atoms with E-state index >= 15 is 0 Å². The Morgan fingerprint density at radius 2 is 2.23 bits per heavy atom. The average Bonchev–Trinajstić information content (AvgIpc) is 2.53. The topological polar surface area (TPSA) is 56.5 Å². The molecule has 0 aliphatic rings. The van der Waals surface area contributed by atoms with Crippen LogP contribution in [0.4, 0.5) is 0 Å². The molecular weight excluding hydrogens is 234 g/mol. The minimum atomic E-state index is 0.537. The van der Waals surface area contributed by atoms with Crippen molar-refractivity contribution in [3.63, 3.8) is 0 Å². The summed E-state index contributed by atoms with van der Waals surface area (Å²) in [5.41, 5.74) is 0.719. The van der Waals surface area contributed by atoms with Crippen molar-refractivity contribution in [1.82, 2.24) is 25.2 Å². The molecule has 2 aromatic rings. The quantitative estimate of drug-likeness (QED) is 0.747. The van der Waals surface area contributed by atoms with Crippen molar-refractivity contribution in [2.24, 2.45) is 7.05 Å². The lowest BCUT2D eigenvalue weighted by Crippen LogP contribution is -1.92. The summed E-state index contributed by atoms with van der Waals surface area (Å²) >= 11 is 3.30. The Balaban J connectivity index is 2.41. The Labute approximate surface area is 82.9 Å². The number of halogens is 1. The highest BCUT2D eigenvalue weighted by atomic mass is 79.9. The van der Waals surface area contributed by atoms with Gasteiger partial charge >= 0.3 is 0 Å². The number of hydrogen-bond acceptors (Lipinski definition) is 4. The molecule has 0 saturated heterocycles. The lowest BCUT2D eigenvalue weighted by atomic mass is 10.3. The molecule has 0 spiro atoms. The number of tetrazole rings is 1. The monoisotopic (exact) mass is 239 g/mol. The van der Waals surface area contributed by atoms with Crippen LogP contribution in [0.15, 0.2) is 22.8 Å². The molecule has 2 aromatic heterocycles. The van der Waals surface area contributed by atoms with Crippen molar-refractivity contribution in [1.29, 1.82) is 0 Å². The second kappa shape index (κ2) is 3.21. The average molecular weight is 240 g/mol. The predicted octanol–water partition coefficient (Wildman–Crippen LogP) is 1.03. The molecule has 0 aromatic carbocycles.